The molecule has 0 radical (unpaired) electrons. The van der Waals surface area contributed by atoms with Crippen LogP contribution in [-0.4, -0.2) is 75.5 Å². The van der Waals surface area contributed by atoms with Gasteiger partial charge in [0.15, 0.2) is 0 Å². The van der Waals surface area contributed by atoms with Crippen LogP contribution in [0.3, 0.4) is 0 Å². The van der Waals surface area contributed by atoms with Crippen molar-refractivity contribution in [1.82, 2.24) is 9.97 Å². The third-order valence-electron chi connectivity index (χ3n) is 6.03. The summed E-state index contributed by atoms with van der Waals surface area (Å²) in [7, 11) is 3.75. The Kier molecular flexibility index (Phi) is 8.21. The number of aromatic nitrogens is 2. The molecular formula is C27H28ClN3O5. The monoisotopic (exact) mass is 509 g/mol. The predicted molar refractivity (Wildman–Crippen MR) is 136 cm³/mol. The minimum Gasteiger partial charge on any atom is -0.394 e. The lowest BCUT2D eigenvalue weighted by molar-refractivity contribution is -0.231. The molecule has 36 heavy (non-hydrogen) atoms. The second-order valence-corrected chi connectivity index (χ2v) is 9.30. The Morgan fingerprint density at radius 3 is 2.22 bits per heavy atom. The van der Waals surface area contributed by atoms with Gasteiger partial charge in [-0.2, -0.15) is 0 Å². The molecule has 188 valence electrons. The van der Waals surface area contributed by atoms with Gasteiger partial charge < -0.3 is 30.1 Å². The summed E-state index contributed by atoms with van der Waals surface area (Å²) in [5.74, 6) is 6.79. The fourth-order valence-electron chi connectivity index (χ4n) is 3.97. The molecule has 0 amide bonds. The van der Waals surface area contributed by atoms with Crippen LogP contribution in [0.25, 0.3) is 0 Å². The second kappa shape index (κ2) is 11.4. The molecule has 0 bridgehead atoms. The fraction of sp³-hybridized carbons (Fsp3) is 0.333. The van der Waals surface area contributed by atoms with E-state index in [0.29, 0.717) is 23.0 Å². The summed E-state index contributed by atoms with van der Waals surface area (Å²) >= 11 is 6.44. The second-order valence-electron chi connectivity index (χ2n) is 8.89. The first-order valence-corrected chi connectivity index (χ1v) is 11.8. The van der Waals surface area contributed by atoms with Gasteiger partial charge in [-0.25, -0.2) is 9.97 Å². The smallest absolute Gasteiger partial charge is 0.224 e. The maximum absolute atomic E-state index is 10.5. The first-order valence-electron chi connectivity index (χ1n) is 11.5. The molecule has 4 rings (SSSR count). The first-order chi connectivity index (χ1) is 17.3. The highest BCUT2D eigenvalue weighted by atomic mass is 35.5. The van der Waals surface area contributed by atoms with E-state index in [1.807, 2.05) is 43.3 Å². The Morgan fingerprint density at radius 1 is 0.917 bits per heavy atom. The van der Waals surface area contributed by atoms with Crippen molar-refractivity contribution in [3.8, 4) is 11.8 Å². The lowest BCUT2D eigenvalue weighted by Crippen LogP contribution is -2.55. The molecule has 1 aromatic heterocycles. The van der Waals surface area contributed by atoms with E-state index in [2.05, 4.69) is 21.8 Å². The van der Waals surface area contributed by atoms with E-state index in [1.54, 1.807) is 30.6 Å². The summed E-state index contributed by atoms with van der Waals surface area (Å²) in [6.07, 6.45) is -2.17. The number of ether oxygens (including phenoxy) is 1. The van der Waals surface area contributed by atoms with Crippen LogP contribution >= 0.6 is 11.6 Å². The lowest BCUT2D eigenvalue weighted by atomic mass is 9.90. The third-order valence-corrected chi connectivity index (χ3v) is 6.40. The van der Waals surface area contributed by atoms with Gasteiger partial charge >= 0.3 is 0 Å². The van der Waals surface area contributed by atoms with Gasteiger partial charge in [0.05, 0.1) is 12.2 Å². The SMILES string of the molecule is CN(C)c1ncc(C#Cc2ccc(Cc3cc([C@@H]4O[C@H](CO)[C@@H](O)C(O)[C@H]4O)ccc3Cl)cc2)cn1. The van der Waals surface area contributed by atoms with Gasteiger partial charge in [-0.15, -0.1) is 0 Å². The Labute approximate surface area is 214 Å². The van der Waals surface area contributed by atoms with Gasteiger partial charge in [0, 0.05) is 37.1 Å². The number of aliphatic hydroxyl groups excluding tert-OH is 4. The molecule has 1 unspecified atom stereocenters. The summed E-state index contributed by atoms with van der Waals surface area (Å²) in [4.78, 5) is 10.3. The molecule has 4 N–H and O–H groups in total. The average Bonchev–Trinajstić information content (AvgIpc) is 2.89. The van der Waals surface area contributed by atoms with E-state index in [1.165, 1.54) is 0 Å². The lowest BCUT2D eigenvalue weighted by Gasteiger charge is -2.40. The van der Waals surface area contributed by atoms with E-state index in [9.17, 15) is 20.4 Å². The third kappa shape index (κ3) is 5.85. The molecule has 5 atom stereocenters. The van der Waals surface area contributed by atoms with Gasteiger partial charge in [-0.05, 0) is 41.3 Å². The molecule has 9 heteroatoms. The van der Waals surface area contributed by atoms with Crippen LogP contribution < -0.4 is 4.90 Å². The minimum atomic E-state index is -1.44. The number of nitrogens with zero attached hydrogens (tertiary/aromatic N) is 3. The zero-order valence-corrected chi connectivity index (χ0v) is 20.7. The maximum Gasteiger partial charge on any atom is 0.224 e. The molecule has 1 fully saturated rings. The van der Waals surface area contributed by atoms with Crippen molar-refractivity contribution < 1.29 is 25.2 Å². The molecular weight excluding hydrogens is 482 g/mol. The zero-order valence-electron chi connectivity index (χ0n) is 19.9. The molecule has 8 nitrogen and oxygen atoms in total. The van der Waals surface area contributed by atoms with Crippen LogP contribution in [0.1, 0.15) is 33.9 Å². The van der Waals surface area contributed by atoms with Gasteiger partial charge in [0.2, 0.25) is 5.95 Å². The molecule has 0 saturated carbocycles. The van der Waals surface area contributed by atoms with Crippen molar-refractivity contribution >= 4 is 17.5 Å². The number of rotatable bonds is 5. The van der Waals surface area contributed by atoms with Crippen LogP contribution in [0.2, 0.25) is 5.02 Å². The maximum atomic E-state index is 10.5. The van der Waals surface area contributed by atoms with Crippen molar-refractivity contribution in [2.45, 2.75) is 36.9 Å². The number of benzene rings is 2. The van der Waals surface area contributed by atoms with E-state index in [4.69, 9.17) is 16.3 Å². The highest BCUT2D eigenvalue weighted by Crippen LogP contribution is 2.34. The van der Waals surface area contributed by atoms with Crippen molar-refractivity contribution in [3.63, 3.8) is 0 Å². The van der Waals surface area contributed by atoms with Crippen LogP contribution in [0.4, 0.5) is 5.95 Å². The molecule has 0 spiro atoms. The standard InChI is InChI=1S/C27H28ClN3O5/c1-31(2)27-29-13-18(14-30-27)8-5-16-3-6-17(7-4-16)11-20-12-19(9-10-21(20)28)26-25(35)24(34)23(33)22(15-32)36-26/h3-4,6-7,9-10,12-14,22-26,32-35H,11,15H2,1-2H3/t22-,23-,24?,25-,26+/m1/s1. The van der Waals surface area contributed by atoms with E-state index >= 15 is 0 Å². The largest absolute Gasteiger partial charge is 0.394 e. The van der Waals surface area contributed by atoms with Crippen LogP contribution in [0.5, 0.6) is 0 Å². The van der Waals surface area contributed by atoms with Gasteiger partial charge in [-0.3, -0.25) is 0 Å². The van der Waals surface area contributed by atoms with Crippen molar-refractivity contribution in [1.29, 1.82) is 0 Å². The van der Waals surface area contributed by atoms with E-state index in [0.717, 1.165) is 22.3 Å². The van der Waals surface area contributed by atoms with E-state index in [-0.39, 0.29) is 0 Å². The normalized spacial score (nSPS) is 23.6. The Bertz CT molecular complexity index is 1240. The van der Waals surface area contributed by atoms with Crippen molar-refractivity contribution in [3.05, 3.63) is 87.7 Å². The highest BCUT2D eigenvalue weighted by Gasteiger charge is 2.44. The molecule has 1 aliphatic rings. The number of hydrogen-bond donors (Lipinski definition) is 4. The average molecular weight is 510 g/mol. The van der Waals surface area contributed by atoms with Crippen LogP contribution in [-0.2, 0) is 11.2 Å². The number of hydrogen-bond acceptors (Lipinski definition) is 8. The Balaban J connectivity index is 1.48. The topological polar surface area (TPSA) is 119 Å². The van der Waals surface area contributed by atoms with Crippen molar-refractivity contribution in [2.75, 3.05) is 25.6 Å². The highest BCUT2D eigenvalue weighted by molar-refractivity contribution is 6.31. The van der Waals surface area contributed by atoms with Crippen molar-refractivity contribution in [2.24, 2.45) is 0 Å². The molecule has 1 aliphatic heterocycles. The molecule has 3 aromatic rings. The summed E-state index contributed by atoms with van der Waals surface area (Å²) < 4.78 is 5.68. The Hall–Kier alpha value is -3.03. The first kappa shape index (κ1) is 26.0. The van der Waals surface area contributed by atoms with Gasteiger partial charge in [0.25, 0.3) is 0 Å². The Morgan fingerprint density at radius 2 is 1.58 bits per heavy atom. The van der Waals surface area contributed by atoms with Gasteiger partial charge in [0.1, 0.15) is 30.5 Å². The fourth-order valence-corrected chi connectivity index (χ4v) is 4.16. The molecule has 1 saturated heterocycles. The number of halogens is 1. The quantitative estimate of drug-likeness (QED) is 0.384. The molecule has 0 aliphatic carbocycles. The van der Waals surface area contributed by atoms with Crippen LogP contribution in [0.15, 0.2) is 54.9 Å². The minimum absolute atomic E-state index is 0.481. The summed E-state index contributed by atoms with van der Waals surface area (Å²) in [6, 6.07) is 13.0. The molecule has 2 aromatic carbocycles. The predicted octanol–water partition coefficient (Wildman–Crippen LogP) is 1.70. The number of anilines is 1. The van der Waals surface area contributed by atoms with E-state index < -0.39 is 37.1 Å². The van der Waals surface area contributed by atoms with Crippen LogP contribution in [0, 0.1) is 11.8 Å². The summed E-state index contributed by atoms with van der Waals surface area (Å²) in [5.41, 5.74) is 3.98. The molecule has 2 heterocycles. The summed E-state index contributed by atoms with van der Waals surface area (Å²) in [6.45, 7) is -0.481. The van der Waals surface area contributed by atoms with Gasteiger partial charge in [-0.1, -0.05) is 47.7 Å². The zero-order chi connectivity index (χ0) is 25.8. The summed E-state index contributed by atoms with van der Waals surface area (Å²) in [5, 5.41) is 40.6. The number of aliphatic hydroxyl groups is 4.